The quantitative estimate of drug-likeness (QED) is 0.358. The molecule has 234 valence electrons. The van der Waals surface area contributed by atoms with Gasteiger partial charge in [0.05, 0.1) is 17.2 Å². The number of nitrogens with one attached hydrogen (secondary N) is 2. The normalized spacial score (nSPS) is 18.1. The second-order valence-corrected chi connectivity index (χ2v) is 11.9. The molecule has 0 saturated carbocycles. The van der Waals surface area contributed by atoms with E-state index in [0.717, 1.165) is 6.07 Å². The number of halogens is 2. The Morgan fingerprint density at radius 3 is 2.76 bits per heavy atom. The highest BCUT2D eigenvalue weighted by Crippen LogP contribution is 2.33. The van der Waals surface area contributed by atoms with E-state index in [2.05, 4.69) is 15.6 Å². The molecule has 2 N–H and O–H groups in total. The van der Waals surface area contributed by atoms with E-state index in [4.69, 9.17) is 20.8 Å². The monoisotopic (exact) mass is 637 g/mol. The first-order valence-corrected chi connectivity index (χ1v) is 14.7. The van der Waals surface area contributed by atoms with Crippen molar-refractivity contribution in [1.82, 2.24) is 25.4 Å². The molecule has 2 atom stereocenters. The molecule has 0 spiro atoms. The van der Waals surface area contributed by atoms with Crippen molar-refractivity contribution in [2.45, 2.75) is 71.1 Å². The number of benzene rings is 1. The average molecular weight is 638 g/mol. The molecule has 1 saturated heterocycles. The fraction of sp³-hybridized carbons (Fsp3) is 0.355. The highest BCUT2D eigenvalue weighted by atomic mass is 35.5. The van der Waals surface area contributed by atoms with Gasteiger partial charge in [-0.3, -0.25) is 34.3 Å². The maximum atomic E-state index is 15.4. The third-order valence-corrected chi connectivity index (χ3v) is 8.19. The van der Waals surface area contributed by atoms with Gasteiger partial charge in [-0.25, -0.2) is 4.39 Å². The minimum absolute atomic E-state index is 0.0136. The van der Waals surface area contributed by atoms with E-state index in [1.165, 1.54) is 22.3 Å². The Labute approximate surface area is 261 Å². The molecule has 3 aliphatic heterocycles. The molecule has 1 fully saturated rings. The Morgan fingerprint density at radius 2 is 2.02 bits per heavy atom. The van der Waals surface area contributed by atoms with Crippen LogP contribution in [0.2, 0.25) is 5.02 Å². The summed E-state index contributed by atoms with van der Waals surface area (Å²) >= 11 is 5.97. The zero-order valence-corrected chi connectivity index (χ0v) is 25.2. The number of carbonyl (C=O) groups is 5. The van der Waals surface area contributed by atoms with Crippen LogP contribution in [0.25, 0.3) is 0 Å². The van der Waals surface area contributed by atoms with Crippen LogP contribution in [0.3, 0.4) is 0 Å². The lowest BCUT2D eigenvalue weighted by Gasteiger charge is -2.31. The fourth-order valence-corrected chi connectivity index (χ4v) is 6.01. The lowest BCUT2D eigenvalue weighted by molar-refractivity contribution is -0.137. The van der Waals surface area contributed by atoms with Crippen molar-refractivity contribution in [2.75, 3.05) is 0 Å². The summed E-state index contributed by atoms with van der Waals surface area (Å²) in [5.74, 6) is -3.03. The van der Waals surface area contributed by atoms with Crippen molar-refractivity contribution in [2.24, 2.45) is 0 Å². The van der Waals surface area contributed by atoms with Crippen LogP contribution in [0.5, 0.6) is 0 Å². The molecular weight excluding hydrogens is 609 g/mol. The van der Waals surface area contributed by atoms with Gasteiger partial charge in [-0.2, -0.15) is 0 Å². The van der Waals surface area contributed by atoms with Crippen LogP contribution >= 0.6 is 11.6 Å². The number of hydrogen-bond donors (Lipinski definition) is 2. The van der Waals surface area contributed by atoms with E-state index in [-0.39, 0.29) is 67.4 Å². The summed E-state index contributed by atoms with van der Waals surface area (Å²) < 4.78 is 26.4. The van der Waals surface area contributed by atoms with E-state index < -0.39 is 41.5 Å². The van der Waals surface area contributed by atoms with Gasteiger partial charge in [0.15, 0.2) is 6.04 Å². The Morgan fingerprint density at radius 1 is 1.22 bits per heavy atom. The van der Waals surface area contributed by atoms with Gasteiger partial charge in [0.25, 0.3) is 11.8 Å². The van der Waals surface area contributed by atoms with Crippen molar-refractivity contribution >= 4 is 41.1 Å². The molecule has 0 aliphatic carbocycles. The lowest BCUT2D eigenvalue weighted by Crippen LogP contribution is -2.52. The third kappa shape index (κ3) is 5.80. The number of pyridine rings is 1. The number of aromatic nitrogens is 1. The molecular formula is C31H29ClFN5O7. The van der Waals surface area contributed by atoms with Crippen LogP contribution in [0.15, 0.2) is 41.1 Å². The molecule has 45 heavy (non-hydrogen) atoms. The summed E-state index contributed by atoms with van der Waals surface area (Å²) in [5, 5.41) is 5.05. The van der Waals surface area contributed by atoms with Gasteiger partial charge in [-0.15, -0.1) is 0 Å². The second kappa shape index (κ2) is 12.1. The van der Waals surface area contributed by atoms with Crippen LogP contribution < -0.4 is 10.6 Å². The second-order valence-electron chi connectivity index (χ2n) is 11.5. The van der Waals surface area contributed by atoms with Crippen LogP contribution in [0.1, 0.15) is 81.6 Å². The largest absolute Gasteiger partial charge is 0.466 e. The molecule has 3 aliphatic rings. The average Bonchev–Trinajstić information content (AvgIpc) is 3.68. The van der Waals surface area contributed by atoms with Gasteiger partial charge in [0, 0.05) is 42.9 Å². The number of nitrogens with zero attached hydrogens (tertiary/aromatic N) is 3. The zero-order valence-electron chi connectivity index (χ0n) is 24.4. The van der Waals surface area contributed by atoms with Gasteiger partial charge >= 0.3 is 0 Å². The molecule has 5 heterocycles. The standard InChI is InChI=1S/C31H29ClFN5O7/c1-15(2)35-29(41)27(26-22(33)8-18(32)9-34-26)38(31(43)21-13-45-24-14-44-12-20(21)24)10-16-3-4-17-11-37(30(42)19(17)7-16)23-5-6-25(39)36-28(23)40/h3-4,7-9,13,15,23,27H,5-6,10-12,14H2,1-2H3,(H,35,41)(H,36,39,40). The maximum absolute atomic E-state index is 15.4. The van der Waals surface area contributed by atoms with Gasteiger partial charge in [0.2, 0.25) is 17.7 Å². The molecule has 2 aromatic heterocycles. The third-order valence-electron chi connectivity index (χ3n) is 7.98. The first-order chi connectivity index (χ1) is 21.5. The SMILES string of the molecule is CC(C)NC(=O)C(c1ncc(Cl)cc1F)N(Cc1ccc2c(c1)C(=O)N(C1CCC(=O)NC1=O)C2)C(=O)c1coc2c1COC2. The molecule has 1 aromatic carbocycles. The van der Waals surface area contributed by atoms with E-state index in [9.17, 15) is 24.0 Å². The molecule has 2 unspecified atom stereocenters. The molecule has 5 amide bonds. The summed E-state index contributed by atoms with van der Waals surface area (Å²) in [6.45, 7) is 3.72. The van der Waals surface area contributed by atoms with Crippen LogP contribution in [-0.4, -0.2) is 56.4 Å². The first kappa shape index (κ1) is 30.4. The highest BCUT2D eigenvalue weighted by molar-refractivity contribution is 6.30. The summed E-state index contributed by atoms with van der Waals surface area (Å²) in [6.07, 6.45) is 2.82. The first-order valence-electron chi connectivity index (χ1n) is 14.4. The number of rotatable bonds is 8. The molecule has 0 bridgehead atoms. The number of amides is 5. The van der Waals surface area contributed by atoms with Crippen LogP contribution in [0.4, 0.5) is 4.39 Å². The number of carbonyl (C=O) groups excluding carboxylic acids is 5. The van der Waals surface area contributed by atoms with Gasteiger partial charge in [0.1, 0.15) is 36.2 Å². The summed E-state index contributed by atoms with van der Waals surface area (Å²) in [5.41, 5.74) is 1.82. The summed E-state index contributed by atoms with van der Waals surface area (Å²) in [4.78, 5) is 72.3. The maximum Gasteiger partial charge on any atom is 0.258 e. The minimum atomic E-state index is -1.53. The number of imide groups is 1. The number of piperidine rings is 1. The van der Waals surface area contributed by atoms with E-state index in [1.54, 1.807) is 32.0 Å². The smallest absolute Gasteiger partial charge is 0.258 e. The van der Waals surface area contributed by atoms with Crippen molar-refractivity contribution in [3.05, 3.63) is 86.8 Å². The number of furan rings is 1. The van der Waals surface area contributed by atoms with Crippen molar-refractivity contribution in [1.29, 1.82) is 0 Å². The molecule has 6 rings (SSSR count). The molecule has 0 radical (unpaired) electrons. The van der Waals surface area contributed by atoms with E-state index in [0.29, 0.717) is 28.0 Å². The van der Waals surface area contributed by atoms with Crippen molar-refractivity contribution in [3.8, 4) is 0 Å². The number of ether oxygens (including phenoxy) is 1. The molecule has 14 heteroatoms. The Bertz CT molecular complexity index is 1740. The number of fused-ring (bicyclic) bond motifs is 2. The Kier molecular flexibility index (Phi) is 8.14. The van der Waals surface area contributed by atoms with E-state index >= 15 is 4.39 Å². The Balaban J connectivity index is 1.39. The van der Waals surface area contributed by atoms with Gasteiger partial charge < -0.3 is 24.3 Å². The fourth-order valence-electron chi connectivity index (χ4n) is 5.86. The molecule has 3 aromatic rings. The summed E-state index contributed by atoms with van der Waals surface area (Å²) in [7, 11) is 0. The minimum Gasteiger partial charge on any atom is -0.466 e. The van der Waals surface area contributed by atoms with Crippen molar-refractivity contribution in [3.63, 3.8) is 0 Å². The van der Waals surface area contributed by atoms with Crippen LogP contribution in [-0.2, 0) is 45.4 Å². The number of hydrogen-bond acceptors (Lipinski definition) is 8. The van der Waals surface area contributed by atoms with Crippen LogP contribution in [0, 0.1) is 5.82 Å². The van der Waals surface area contributed by atoms with Gasteiger partial charge in [-0.1, -0.05) is 23.7 Å². The summed E-state index contributed by atoms with van der Waals surface area (Å²) in [6, 6.07) is 3.34. The highest BCUT2D eigenvalue weighted by Gasteiger charge is 2.41. The zero-order chi connectivity index (χ0) is 32.0. The van der Waals surface area contributed by atoms with Crippen molar-refractivity contribution < 1.29 is 37.5 Å². The Hall–Kier alpha value is -4.62. The lowest BCUT2D eigenvalue weighted by atomic mass is 10.0. The van der Waals surface area contributed by atoms with Gasteiger partial charge in [-0.05, 0) is 43.5 Å². The predicted octanol–water partition coefficient (Wildman–Crippen LogP) is 3.17. The molecule has 12 nitrogen and oxygen atoms in total. The van der Waals surface area contributed by atoms with E-state index in [1.807, 2.05) is 0 Å². The topological polar surface area (TPSA) is 151 Å². The predicted molar refractivity (Wildman–Crippen MR) is 155 cm³/mol.